The quantitative estimate of drug-likeness (QED) is 0.405. The molecule has 0 radical (unpaired) electrons. The molecule has 11 nitrogen and oxygen atoms in total. The van der Waals surface area contributed by atoms with Crippen LogP contribution >= 0.6 is 0 Å². The van der Waals surface area contributed by atoms with Crippen LogP contribution in [0.1, 0.15) is 30.3 Å². The van der Waals surface area contributed by atoms with E-state index in [4.69, 9.17) is 16.5 Å². The van der Waals surface area contributed by atoms with Crippen molar-refractivity contribution in [1.29, 1.82) is 5.26 Å². The Morgan fingerprint density at radius 1 is 1.14 bits per heavy atom. The molecule has 188 valence electrons. The number of hydrogen-bond acceptors (Lipinski definition) is 10. The number of nitriles is 1. The van der Waals surface area contributed by atoms with E-state index in [1.165, 1.54) is 41.0 Å². The van der Waals surface area contributed by atoms with Crippen molar-refractivity contribution in [1.82, 2.24) is 19.5 Å². The first-order valence-corrected chi connectivity index (χ1v) is 13.1. The fourth-order valence-corrected chi connectivity index (χ4v) is 5.59. The van der Waals surface area contributed by atoms with Gasteiger partial charge in [0.05, 0.1) is 27.5 Å². The molecule has 2 aromatic carbocycles. The predicted octanol–water partition coefficient (Wildman–Crippen LogP) is 2.10. The number of benzene rings is 2. The van der Waals surface area contributed by atoms with E-state index < -0.39 is 27.3 Å². The second-order valence-corrected chi connectivity index (χ2v) is 10.6. The zero-order chi connectivity index (χ0) is 26.5. The molecular weight excluding hydrogens is 499 g/mol. The largest absolute Gasteiger partial charge is 0.382 e. The average molecular weight is 521 g/mol. The van der Waals surface area contributed by atoms with Gasteiger partial charge in [-0.25, -0.2) is 17.8 Å². The summed E-state index contributed by atoms with van der Waals surface area (Å²) in [6.45, 7) is 0.440. The highest BCUT2D eigenvalue weighted by atomic mass is 32.2. The lowest BCUT2D eigenvalue weighted by Crippen LogP contribution is -2.33. The van der Waals surface area contributed by atoms with Gasteiger partial charge < -0.3 is 16.4 Å². The molecule has 13 heteroatoms. The number of nitrogens with two attached hydrogens (primary N) is 2. The lowest BCUT2D eigenvalue weighted by Gasteiger charge is -2.28. The van der Waals surface area contributed by atoms with Gasteiger partial charge in [-0.3, -0.25) is 9.36 Å². The normalized spacial score (nSPS) is 15.7. The third-order valence-electron chi connectivity index (χ3n) is 6.22. The third kappa shape index (κ3) is 4.11. The maximum atomic E-state index is 14.3. The van der Waals surface area contributed by atoms with Gasteiger partial charge in [0.2, 0.25) is 5.95 Å². The summed E-state index contributed by atoms with van der Waals surface area (Å²) in [4.78, 5) is 28.4. The number of hydrogen-bond donors (Lipinski definition) is 2. The molecule has 1 atom stereocenters. The number of nitrogens with zero attached hydrogens (tertiary/aromatic N) is 6. The zero-order valence-electron chi connectivity index (χ0n) is 19.6. The SMILES string of the molecule is CS(=O)(=O)c1cccc2nc([C@@H]3CCCN3c3nc(N)nc(N)c3C#N)n(-c3cccc(F)c3)c(=O)c12. The van der Waals surface area contributed by atoms with Gasteiger partial charge in [0.25, 0.3) is 5.56 Å². The summed E-state index contributed by atoms with van der Waals surface area (Å²) in [5.74, 6) is -0.365. The van der Waals surface area contributed by atoms with Gasteiger partial charge in [-0.15, -0.1) is 0 Å². The van der Waals surface area contributed by atoms with Crippen LogP contribution in [0.3, 0.4) is 0 Å². The molecular formula is C24H21FN8O3S. The van der Waals surface area contributed by atoms with Crippen LogP contribution in [0, 0.1) is 17.1 Å². The highest BCUT2D eigenvalue weighted by Crippen LogP contribution is 2.38. The molecule has 5 rings (SSSR count). The Balaban J connectivity index is 1.84. The van der Waals surface area contributed by atoms with E-state index in [9.17, 15) is 22.9 Å². The van der Waals surface area contributed by atoms with E-state index in [2.05, 4.69) is 9.97 Å². The first-order valence-electron chi connectivity index (χ1n) is 11.2. The minimum Gasteiger partial charge on any atom is -0.382 e. The summed E-state index contributed by atoms with van der Waals surface area (Å²) in [6.07, 6.45) is 2.17. The second-order valence-electron chi connectivity index (χ2n) is 8.64. The van der Waals surface area contributed by atoms with Crippen molar-refractivity contribution < 1.29 is 12.8 Å². The molecule has 0 spiro atoms. The number of sulfone groups is 1. The van der Waals surface area contributed by atoms with Crippen LogP contribution in [0.2, 0.25) is 0 Å². The Morgan fingerprint density at radius 3 is 2.59 bits per heavy atom. The topological polar surface area (TPSA) is 174 Å². The number of nitrogen functional groups attached to an aromatic ring is 2. The standard InChI is InChI=1S/C24H21FN8O3S/c1-37(35,36)18-9-3-7-16-19(18)23(34)33(14-6-2-5-13(25)11-14)22(29-16)17-8-4-10-32(17)21-15(12-26)20(27)30-24(28)31-21/h2-3,5-7,9,11,17H,4,8,10H2,1H3,(H4,27,28,30,31)/t17-/m0/s1. The third-order valence-corrected chi connectivity index (χ3v) is 7.36. The van der Waals surface area contributed by atoms with Gasteiger partial charge in [0, 0.05) is 12.8 Å². The number of anilines is 3. The molecule has 4 aromatic rings. The van der Waals surface area contributed by atoms with Crippen LogP contribution < -0.4 is 21.9 Å². The van der Waals surface area contributed by atoms with Gasteiger partial charge >= 0.3 is 0 Å². The van der Waals surface area contributed by atoms with E-state index in [-0.39, 0.29) is 50.5 Å². The minimum absolute atomic E-state index is 0.0286. The first kappa shape index (κ1) is 24.1. The van der Waals surface area contributed by atoms with E-state index >= 15 is 0 Å². The Kier molecular flexibility index (Phi) is 5.76. The fraction of sp³-hybridized carbons (Fsp3) is 0.208. The molecule has 4 N–H and O–H groups in total. The van der Waals surface area contributed by atoms with Crippen molar-refractivity contribution in [3.05, 3.63) is 70.0 Å². The van der Waals surface area contributed by atoms with Crippen molar-refractivity contribution in [2.24, 2.45) is 0 Å². The Morgan fingerprint density at radius 2 is 1.89 bits per heavy atom. The van der Waals surface area contributed by atoms with Crippen molar-refractivity contribution >= 4 is 38.3 Å². The van der Waals surface area contributed by atoms with Gasteiger partial charge in [0.15, 0.2) is 15.7 Å². The second kappa shape index (κ2) is 8.82. The summed E-state index contributed by atoms with van der Waals surface area (Å²) >= 11 is 0. The number of halogens is 1. The van der Waals surface area contributed by atoms with Crippen LogP contribution in [0.15, 0.2) is 52.2 Å². The minimum atomic E-state index is -3.78. The lowest BCUT2D eigenvalue weighted by molar-refractivity contribution is 0.601. The molecule has 37 heavy (non-hydrogen) atoms. The van der Waals surface area contributed by atoms with Crippen LogP contribution in [0.5, 0.6) is 0 Å². The number of aromatic nitrogens is 4. The van der Waals surface area contributed by atoms with Gasteiger partial charge in [-0.1, -0.05) is 12.1 Å². The molecule has 1 saturated heterocycles. The van der Waals surface area contributed by atoms with Gasteiger partial charge in [0.1, 0.15) is 29.1 Å². The highest BCUT2D eigenvalue weighted by molar-refractivity contribution is 7.91. The Hall–Kier alpha value is -4.57. The maximum Gasteiger partial charge on any atom is 0.267 e. The van der Waals surface area contributed by atoms with E-state index in [1.807, 2.05) is 6.07 Å². The average Bonchev–Trinajstić information content (AvgIpc) is 3.32. The predicted molar refractivity (Wildman–Crippen MR) is 135 cm³/mol. The molecule has 2 aromatic heterocycles. The molecule has 0 saturated carbocycles. The van der Waals surface area contributed by atoms with E-state index in [0.717, 1.165) is 6.26 Å². The summed E-state index contributed by atoms with van der Waals surface area (Å²) in [5.41, 5.74) is 11.5. The fourth-order valence-electron chi connectivity index (χ4n) is 4.70. The molecule has 1 aliphatic heterocycles. The number of fused-ring (bicyclic) bond motifs is 1. The van der Waals surface area contributed by atoms with Gasteiger partial charge in [-0.05, 0) is 43.2 Å². The molecule has 3 heterocycles. The van der Waals surface area contributed by atoms with Crippen molar-refractivity contribution in [2.45, 2.75) is 23.8 Å². The van der Waals surface area contributed by atoms with Gasteiger partial charge in [-0.2, -0.15) is 15.2 Å². The summed E-state index contributed by atoms with van der Waals surface area (Å²) in [7, 11) is -3.78. The van der Waals surface area contributed by atoms with E-state index in [1.54, 1.807) is 11.0 Å². The van der Waals surface area contributed by atoms with Crippen LogP contribution in [0.25, 0.3) is 16.6 Å². The molecule has 0 aliphatic carbocycles. The van der Waals surface area contributed by atoms with Crippen molar-refractivity contribution in [2.75, 3.05) is 29.2 Å². The lowest BCUT2D eigenvalue weighted by atomic mass is 10.1. The van der Waals surface area contributed by atoms with Crippen molar-refractivity contribution in [3.63, 3.8) is 0 Å². The molecule has 1 aliphatic rings. The molecule has 0 bridgehead atoms. The monoisotopic (exact) mass is 520 g/mol. The Labute approximate surface area is 210 Å². The van der Waals surface area contributed by atoms with Crippen LogP contribution in [-0.4, -0.2) is 40.7 Å². The summed E-state index contributed by atoms with van der Waals surface area (Å²) in [5, 5.41) is 9.61. The maximum absolute atomic E-state index is 14.3. The van der Waals surface area contributed by atoms with E-state index in [0.29, 0.717) is 19.4 Å². The summed E-state index contributed by atoms with van der Waals surface area (Å²) < 4.78 is 40.5. The molecule has 0 unspecified atom stereocenters. The zero-order valence-corrected chi connectivity index (χ0v) is 20.4. The first-order chi connectivity index (χ1) is 17.6. The highest BCUT2D eigenvalue weighted by Gasteiger charge is 2.34. The number of rotatable bonds is 4. The summed E-state index contributed by atoms with van der Waals surface area (Å²) in [6, 6.07) is 11.2. The smallest absolute Gasteiger partial charge is 0.267 e. The van der Waals surface area contributed by atoms with Crippen molar-refractivity contribution in [3.8, 4) is 11.8 Å². The Bertz CT molecular complexity index is 1780. The molecule has 0 amide bonds. The van der Waals surface area contributed by atoms with Crippen LogP contribution in [-0.2, 0) is 9.84 Å². The van der Waals surface area contributed by atoms with Crippen LogP contribution in [0.4, 0.5) is 22.0 Å². The molecule has 1 fully saturated rings.